The van der Waals surface area contributed by atoms with Crippen molar-refractivity contribution in [2.45, 2.75) is 6.42 Å². The Balaban J connectivity index is 1.74. The summed E-state index contributed by atoms with van der Waals surface area (Å²) in [5, 5.41) is 6.96. The minimum Gasteiger partial charge on any atom is -0.463 e. The van der Waals surface area contributed by atoms with E-state index in [0.717, 1.165) is 38.3 Å². The standard InChI is InChI=1S/C14H18N4O2/c1-17-5-3-6-18(8-7-17)14(19)12-10-11(15-16-12)13-4-2-9-20-13/h2,4,9-10H,3,5-8H2,1H3,(H,15,16). The summed E-state index contributed by atoms with van der Waals surface area (Å²) in [6.45, 7) is 3.47. The predicted octanol–water partition coefficient (Wildman–Crippen LogP) is 1.45. The van der Waals surface area contributed by atoms with Gasteiger partial charge in [-0.3, -0.25) is 9.89 Å². The van der Waals surface area contributed by atoms with Gasteiger partial charge in [-0.2, -0.15) is 5.10 Å². The van der Waals surface area contributed by atoms with Crippen LogP contribution in [-0.2, 0) is 0 Å². The quantitative estimate of drug-likeness (QED) is 0.900. The normalized spacial score (nSPS) is 17.1. The molecule has 6 heteroatoms. The van der Waals surface area contributed by atoms with Gasteiger partial charge in [0, 0.05) is 25.7 Å². The molecule has 0 saturated carbocycles. The molecule has 0 aliphatic carbocycles. The van der Waals surface area contributed by atoms with Gasteiger partial charge in [0.1, 0.15) is 5.69 Å². The molecule has 1 aliphatic heterocycles. The largest absolute Gasteiger partial charge is 0.463 e. The molecule has 106 valence electrons. The average molecular weight is 274 g/mol. The molecular weight excluding hydrogens is 256 g/mol. The Morgan fingerprint density at radius 2 is 2.25 bits per heavy atom. The molecule has 2 aromatic heterocycles. The van der Waals surface area contributed by atoms with Crippen LogP contribution in [-0.4, -0.2) is 59.1 Å². The van der Waals surface area contributed by atoms with E-state index in [-0.39, 0.29) is 5.91 Å². The molecular formula is C14H18N4O2. The van der Waals surface area contributed by atoms with Crippen LogP contribution in [0.5, 0.6) is 0 Å². The van der Waals surface area contributed by atoms with Gasteiger partial charge in [-0.05, 0) is 32.1 Å². The highest BCUT2D eigenvalue weighted by atomic mass is 16.3. The van der Waals surface area contributed by atoms with E-state index < -0.39 is 0 Å². The summed E-state index contributed by atoms with van der Waals surface area (Å²) in [4.78, 5) is 16.5. The van der Waals surface area contributed by atoms with Crippen molar-refractivity contribution in [1.82, 2.24) is 20.0 Å². The van der Waals surface area contributed by atoms with Gasteiger partial charge in [0.25, 0.3) is 5.91 Å². The van der Waals surface area contributed by atoms with E-state index in [1.54, 1.807) is 12.3 Å². The van der Waals surface area contributed by atoms with Crippen molar-refractivity contribution >= 4 is 5.91 Å². The highest BCUT2D eigenvalue weighted by molar-refractivity contribution is 5.93. The number of hydrogen-bond acceptors (Lipinski definition) is 4. The minimum absolute atomic E-state index is 0.0191. The van der Waals surface area contributed by atoms with Crippen LogP contribution in [0.3, 0.4) is 0 Å². The molecule has 2 aromatic rings. The van der Waals surface area contributed by atoms with E-state index in [1.807, 2.05) is 17.0 Å². The van der Waals surface area contributed by atoms with Crippen LogP contribution in [0, 0.1) is 0 Å². The Bertz CT molecular complexity index is 576. The van der Waals surface area contributed by atoms with Crippen molar-refractivity contribution in [2.24, 2.45) is 0 Å². The maximum Gasteiger partial charge on any atom is 0.274 e. The zero-order chi connectivity index (χ0) is 13.9. The van der Waals surface area contributed by atoms with Gasteiger partial charge in [0.2, 0.25) is 0 Å². The second kappa shape index (κ2) is 5.50. The molecule has 0 bridgehead atoms. The molecule has 1 amide bonds. The van der Waals surface area contributed by atoms with Crippen molar-refractivity contribution in [3.8, 4) is 11.5 Å². The topological polar surface area (TPSA) is 65.4 Å². The molecule has 6 nitrogen and oxygen atoms in total. The molecule has 1 saturated heterocycles. The van der Waals surface area contributed by atoms with E-state index >= 15 is 0 Å². The number of aromatic amines is 1. The first kappa shape index (κ1) is 12.9. The Labute approximate surface area is 117 Å². The molecule has 1 fully saturated rings. The van der Waals surface area contributed by atoms with Gasteiger partial charge < -0.3 is 14.2 Å². The van der Waals surface area contributed by atoms with Crippen LogP contribution in [0.2, 0.25) is 0 Å². The molecule has 1 aliphatic rings. The van der Waals surface area contributed by atoms with Crippen LogP contribution in [0.15, 0.2) is 28.9 Å². The van der Waals surface area contributed by atoms with E-state index in [4.69, 9.17) is 4.42 Å². The third kappa shape index (κ3) is 2.60. The van der Waals surface area contributed by atoms with Crippen LogP contribution in [0.1, 0.15) is 16.9 Å². The number of carbonyl (C=O) groups excluding carboxylic acids is 1. The SMILES string of the molecule is CN1CCCN(C(=O)c2cc(-c3ccco3)[nH]n2)CC1. The third-order valence-corrected chi connectivity index (χ3v) is 3.59. The first-order chi connectivity index (χ1) is 9.74. The molecule has 0 radical (unpaired) electrons. The zero-order valence-corrected chi connectivity index (χ0v) is 11.5. The molecule has 20 heavy (non-hydrogen) atoms. The number of nitrogens with one attached hydrogen (secondary N) is 1. The van der Waals surface area contributed by atoms with Crippen molar-refractivity contribution in [1.29, 1.82) is 0 Å². The Hall–Kier alpha value is -2.08. The molecule has 0 spiro atoms. The van der Waals surface area contributed by atoms with Crippen molar-refractivity contribution < 1.29 is 9.21 Å². The maximum atomic E-state index is 12.4. The molecule has 3 heterocycles. The highest BCUT2D eigenvalue weighted by Crippen LogP contribution is 2.18. The number of likely N-dealkylation sites (N-methyl/N-ethyl adjacent to an activating group) is 1. The van der Waals surface area contributed by atoms with Gasteiger partial charge in [-0.15, -0.1) is 0 Å². The van der Waals surface area contributed by atoms with Crippen molar-refractivity contribution in [3.63, 3.8) is 0 Å². The Morgan fingerprint density at radius 3 is 3.05 bits per heavy atom. The summed E-state index contributed by atoms with van der Waals surface area (Å²) >= 11 is 0. The maximum absolute atomic E-state index is 12.4. The summed E-state index contributed by atoms with van der Waals surface area (Å²) < 4.78 is 5.29. The van der Waals surface area contributed by atoms with E-state index in [2.05, 4.69) is 22.1 Å². The highest BCUT2D eigenvalue weighted by Gasteiger charge is 2.21. The van der Waals surface area contributed by atoms with Crippen LogP contribution in [0.4, 0.5) is 0 Å². The summed E-state index contributed by atoms with van der Waals surface area (Å²) in [5.41, 5.74) is 1.17. The number of carbonyl (C=O) groups is 1. The number of hydrogen-bond donors (Lipinski definition) is 1. The fourth-order valence-corrected chi connectivity index (χ4v) is 2.40. The lowest BCUT2D eigenvalue weighted by molar-refractivity contribution is 0.0757. The van der Waals surface area contributed by atoms with E-state index in [9.17, 15) is 4.79 Å². The Kier molecular flexibility index (Phi) is 3.56. The fraction of sp³-hybridized carbons (Fsp3) is 0.429. The Morgan fingerprint density at radius 1 is 1.35 bits per heavy atom. The summed E-state index contributed by atoms with van der Waals surface area (Å²) in [6.07, 6.45) is 2.60. The summed E-state index contributed by atoms with van der Waals surface area (Å²) in [6, 6.07) is 5.39. The number of rotatable bonds is 2. The van der Waals surface area contributed by atoms with E-state index in [1.165, 1.54) is 0 Å². The van der Waals surface area contributed by atoms with Crippen LogP contribution >= 0.6 is 0 Å². The first-order valence-electron chi connectivity index (χ1n) is 6.81. The lowest BCUT2D eigenvalue weighted by atomic mass is 10.2. The van der Waals surface area contributed by atoms with Crippen molar-refractivity contribution in [2.75, 3.05) is 33.2 Å². The summed E-state index contributed by atoms with van der Waals surface area (Å²) in [5.74, 6) is 0.668. The third-order valence-electron chi connectivity index (χ3n) is 3.59. The van der Waals surface area contributed by atoms with Gasteiger partial charge in [-0.25, -0.2) is 0 Å². The second-order valence-corrected chi connectivity index (χ2v) is 5.09. The number of H-pyrrole nitrogens is 1. The van der Waals surface area contributed by atoms with Gasteiger partial charge in [0.05, 0.1) is 6.26 Å². The summed E-state index contributed by atoms with van der Waals surface area (Å²) in [7, 11) is 2.08. The number of aromatic nitrogens is 2. The number of furan rings is 1. The molecule has 0 aromatic carbocycles. The smallest absolute Gasteiger partial charge is 0.274 e. The number of nitrogens with zero attached hydrogens (tertiary/aromatic N) is 3. The monoisotopic (exact) mass is 274 g/mol. The van der Waals surface area contributed by atoms with Gasteiger partial charge >= 0.3 is 0 Å². The van der Waals surface area contributed by atoms with E-state index in [0.29, 0.717) is 11.5 Å². The minimum atomic E-state index is -0.0191. The lowest BCUT2D eigenvalue weighted by Gasteiger charge is -2.19. The van der Waals surface area contributed by atoms with Gasteiger partial charge in [-0.1, -0.05) is 0 Å². The lowest BCUT2D eigenvalue weighted by Crippen LogP contribution is -2.34. The predicted molar refractivity (Wildman–Crippen MR) is 74.3 cm³/mol. The van der Waals surface area contributed by atoms with Crippen LogP contribution < -0.4 is 0 Å². The van der Waals surface area contributed by atoms with Gasteiger partial charge in [0.15, 0.2) is 11.5 Å². The molecule has 0 unspecified atom stereocenters. The van der Waals surface area contributed by atoms with Crippen LogP contribution in [0.25, 0.3) is 11.5 Å². The molecule has 3 rings (SSSR count). The number of amides is 1. The zero-order valence-electron chi connectivity index (χ0n) is 11.5. The molecule has 0 atom stereocenters. The first-order valence-corrected chi connectivity index (χ1v) is 6.81. The fourth-order valence-electron chi connectivity index (χ4n) is 2.40. The average Bonchev–Trinajstić information content (AvgIpc) is 3.08. The van der Waals surface area contributed by atoms with Crippen molar-refractivity contribution in [3.05, 3.63) is 30.2 Å². The molecule has 1 N–H and O–H groups in total. The second-order valence-electron chi connectivity index (χ2n) is 5.09.